The molecule has 1 N–H and O–H groups in total. The number of carbonyl (C=O) groups is 1. The number of anilines is 3. The minimum Gasteiger partial charge on any atom is -0.339 e. The van der Waals surface area contributed by atoms with Gasteiger partial charge in [0.2, 0.25) is 0 Å². The molecule has 1 aromatic heterocycles. The van der Waals surface area contributed by atoms with Crippen LogP contribution in [0.1, 0.15) is 28.0 Å². The summed E-state index contributed by atoms with van der Waals surface area (Å²) in [6.07, 6.45) is 5.10. The lowest BCUT2D eigenvalue weighted by Gasteiger charge is -2.29. The monoisotopic (exact) mass is 344 g/mol. The van der Waals surface area contributed by atoms with Crippen molar-refractivity contribution in [3.05, 3.63) is 77.7 Å². The Morgan fingerprint density at radius 1 is 1.04 bits per heavy atom. The van der Waals surface area contributed by atoms with Gasteiger partial charge in [-0.1, -0.05) is 35.9 Å². The molecule has 0 aliphatic carbocycles. The molecule has 0 unspecified atom stereocenters. The molecule has 3 aromatic rings. The number of aryl methyl sites for hydroxylation is 2. The van der Waals surface area contributed by atoms with Gasteiger partial charge in [0.15, 0.2) is 0 Å². The van der Waals surface area contributed by atoms with Crippen LogP contribution < -0.4 is 10.2 Å². The Morgan fingerprint density at radius 2 is 1.85 bits per heavy atom. The quantitative estimate of drug-likeness (QED) is 0.776. The first-order valence-electron chi connectivity index (χ1n) is 8.76. The lowest BCUT2D eigenvalue weighted by Crippen LogP contribution is -2.36. The molecule has 2 heterocycles. The molecule has 26 heavy (non-hydrogen) atoms. The minimum absolute atomic E-state index is 0.105. The fourth-order valence-electron chi connectivity index (χ4n) is 3.17. The highest BCUT2D eigenvalue weighted by atomic mass is 16.2. The second-order valence-electron chi connectivity index (χ2n) is 6.47. The number of aromatic nitrogens is 2. The number of nitrogens with zero attached hydrogens (tertiary/aromatic N) is 3. The van der Waals surface area contributed by atoms with Gasteiger partial charge in [0, 0.05) is 17.9 Å². The summed E-state index contributed by atoms with van der Waals surface area (Å²) in [6.45, 7) is 2.75. The molecular weight excluding hydrogens is 324 g/mol. The molecule has 1 aliphatic rings. The van der Waals surface area contributed by atoms with Crippen molar-refractivity contribution < 1.29 is 4.79 Å². The van der Waals surface area contributed by atoms with E-state index in [0.717, 1.165) is 24.2 Å². The number of benzene rings is 2. The number of hydrogen-bond acceptors (Lipinski definition) is 4. The molecule has 5 heteroatoms. The lowest BCUT2D eigenvalue weighted by atomic mass is 10.0. The number of nitrogens with one attached hydrogen (secondary N) is 1. The SMILES string of the molecule is Cc1ccc(Nc2cnc(C(=O)N3CCCc4ccccc43)cn2)cc1. The van der Waals surface area contributed by atoms with Crippen molar-refractivity contribution in [2.24, 2.45) is 0 Å². The maximum Gasteiger partial charge on any atom is 0.278 e. The highest BCUT2D eigenvalue weighted by Gasteiger charge is 2.24. The fourth-order valence-corrected chi connectivity index (χ4v) is 3.17. The van der Waals surface area contributed by atoms with Crippen LogP contribution >= 0.6 is 0 Å². The van der Waals surface area contributed by atoms with Crippen LogP contribution in [0.25, 0.3) is 0 Å². The molecule has 0 saturated carbocycles. The van der Waals surface area contributed by atoms with Gasteiger partial charge in [-0.2, -0.15) is 0 Å². The first-order valence-corrected chi connectivity index (χ1v) is 8.76. The van der Waals surface area contributed by atoms with E-state index in [1.807, 2.05) is 49.4 Å². The van der Waals surface area contributed by atoms with Gasteiger partial charge >= 0.3 is 0 Å². The lowest BCUT2D eigenvalue weighted by molar-refractivity contribution is 0.0980. The van der Waals surface area contributed by atoms with Gasteiger partial charge in [0.1, 0.15) is 11.5 Å². The molecule has 0 bridgehead atoms. The van der Waals surface area contributed by atoms with E-state index in [4.69, 9.17) is 0 Å². The molecule has 5 nitrogen and oxygen atoms in total. The van der Waals surface area contributed by atoms with E-state index in [0.29, 0.717) is 18.1 Å². The van der Waals surface area contributed by atoms with Crippen LogP contribution in [0.15, 0.2) is 60.9 Å². The van der Waals surface area contributed by atoms with Gasteiger partial charge in [-0.15, -0.1) is 0 Å². The number of fused-ring (bicyclic) bond motifs is 1. The van der Waals surface area contributed by atoms with Gasteiger partial charge in [0.25, 0.3) is 5.91 Å². The maximum atomic E-state index is 12.9. The largest absolute Gasteiger partial charge is 0.339 e. The third-order valence-electron chi connectivity index (χ3n) is 4.55. The highest BCUT2D eigenvalue weighted by Crippen LogP contribution is 2.27. The second kappa shape index (κ2) is 6.96. The van der Waals surface area contributed by atoms with Crippen LogP contribution in [-0.2, 0) is 6.42 Å². The van der Waals surface area contributed by atoms with Crippen molar-refractivity contribution in [1.82, 2.24) is 9.97 Å². The third-order valence-corrected chi connectivity index (χ3v) is 4.55. The van der Waals surface area contributed by atoms with Gasteiger partial charge in [-0.25, -0.2) is 9.97 Å². The van der Waals surface area contributed by atoms with E-state index in [-0.39, 0.29) is 5.91 Å². The Bertz CT molecular complexity index is 920. The summed E-state index contributed by atoms with van der Waals surface area (Å²) in [5, 5.41) is 3.19. The van der Waals surface area contributed by atoms with Crippen LogP contribution in [0, 0.1) is 6.92 Å². The number of amides is 1. The van der Waals surface area contributed by atoms with Crippen molar-refractivity contribution >= 4 is 23.1 Å². The molecule has 4 rings (SSSR count). The molecule has 130 valence electrons. The number of para-hydroxylation sites is 1. The molecule has 2 aromatic carbocycles. The Hall–Kier alpha value is -3.21. The number of rotatable bonds is 3. The van der Waals surface area contributed by atoms with Crippen molar-refractivity contribution in [3.63, 3.8) is 0 Å². The normalized spacial score (nSPS) is 13.2. The van der Waals surface area contributed by atoms with Crippen LogP contribution in [-0.4, -0.2) is 22.4 Å². The Balaban J connectivity index is 1.52. The van der Waals surface area contributed by atoms with E-state index in [1.165, 1.54) is 17.3 Å². The summed E-state index contributed by atoms with van der Waals surface area (Å²) in [7, 11) is 0. The molecular formula is C21H20N4O. The Labute approximate surface area is 152 Å². The summed E-state index contributed by atoms with van der Waals surface area (Å²) in [5.74, 6) is 0.510. The Kier molecular flexibility index (Phi) is 4.35. The zero-order valence-electron chi connectivity index (χ0n) is 14.6. The first-order chi connectivity index (χ1) is 12.7. The summed E-state index contributed by atoms with van der Waals surface area (Å²) in [4.78, 5) is 23.3. The van der Waals surface area contributed by atoms with E-state index in [9.17, 15) is 4.79 Å². The predicted octanol–water partition coefficient (Wildman–Crippen LogP) is 4.12. The summed E-state index contributed by atoms with van der Waals surface area (Å²) < 4.78 is 0. The van der Waals surface area contributed by atoms with Crippen molar-refractivity contribution in [3.8, 4) is 0 Å². The molecule has 0 atom stereocenters. The smallest absolute Gasteiger partial charge is 0.278 e. The zero-order chi connectivity index (χ0) is 17.9. The number of hydrogen-bond donors (Lipinski definition) is 1. The van der Waals surface area contributed by atoms with Crippen molar-refractivity contribution in [2.45, 2.75) is 19.8 Å². The van der Waals surface area contributed by atoms with Gasteiger partial charge in [0.05, 0.1) is 12.4 Å². The van der Waals surface area contributed by atoms with Crippen LogP contribution in [0.3, 0.4) is 0 Å². The van der Waals surface area contributed by atoms with E-state index in [2.05, 4.69) is 21.4 Å². The highest BCUT2D eigenvalue weighted by molar-refractivity contribution is 6.05. The molecule has 1 amide bonds. The van der Waals surface area contributed by atoms with Crippen LogP contribution in [0.2, 0.25) is 0 Å². The molecule has 1 aliphatic heterocycles. The molecule has 0 spiro atoms. The van der Waals surface area contributed by atoms with E-state index >= 15 is 0 Å². The number of carbonyl (C=O) groups excluding carboxylic acids is 1. The standard InChI is InChI=1S/C21H20N4O/c1-15-8-10-17(11-9-15)24-20-14-22-18(13-23-20)21(26)25-12-4-6-16-5-2-3-7-19(16)25/h2-3,5,7-11,13-14H,4,6,12H2,1H3,(H,23,24). The summed E-state index contributed by atoms with van der Waals surface area (Å²) in [6, 6.07) is 16.1. The zero-order valence-corrected chi connectivity index (χ0v) is 14.6. The van der Waals surface area contributed by atoms with Crippen LogP contribution in [0.5, 0.6) is 0 Å². The average molecular weight is 344 g/mol. The van der Waals surface area contributed by atoms with Crippen molar-refractivity contribution in [1.29, 1.82) is 0 Å². The topological polar surface area (TPSA) is 58.1 Å². The minimum atomic E-state index is -0.105. The van der Waals surface area contributed by atoms with Gasteiger partial charge in [-0.05, 0) is 43.5 Å². The second-order valence-corrected chi connectivity index (χ2v) is 6.47. The third kappa shape index (κ3) is 3.28. The van der Waals surface area contributed by atoms with E-state index in [1.54, 1.807) is 11.1 Å². The van der Waals surface area contributed by atoms with Gasteiger partial charge < -0.3 is 10.2 Å². The average Bonchev–Trinajstić information content (AvgIpc) is 2.69. The summed E-state index contributed by atoms with van der Waals surface area (Å²) in [5.41, 5.74) is 4.68. The predicted molar refractivity (Wildman–Crippen MR) is 103 cm³/mol. The summed E-state index contributed by atoms with van der Waals surface area (Å²) >= 11 is 0. The van der Waals surface area contributed by atoms with Crippen LogP contribution in [0.4, 0.5) is 17.2 Å². The Morgan fingerprint density at radius 3 is 2.62 bits per heavy atom. The molecule has 0 radical (unpaired) electrons. The first kappa shape index (κ1) is 16.3. The van der Waals surface area contributed by atoms with Gasteiger partial charge in [-0.3, -0.25) is 4.79 Å². The maximum absolute atomic E-state index is 12.9. The van der Waals surface area contributed by atoms with E-state index < -0.39 is 0 Å². The van der Waals surface area contributed by atoms with Crippen molar-refractivity contribution in [2.75, 3.05) is 16.8 Å². The fraction of sp³-hybridized carbons (Fsp3) is 0.190. The molecule has 0 saturated heterocycles. The molecule has 0 fully saturated rings.